The zero-order valence-corrected chi connectivity index (χ0v) is 13.5. The number of benzene rings is 2. The third kappa shape index (κ3) is 4.57. The minimum absolute atomic E-state index is 0.148. The van der Waals surface area contributed by atoms with Crippen LogP contribution in [0.3, 0.4) is 0 Å². The summed E-state index contributed by atoms with van der Waals surface area (Å²) in [7, 11) is 0. The number of hydrogen-bond donors (Lipinski definition) is 3. The molecule has 7 nitrogen and oxygen atoms in total. The minimum atomic E-state index is -1.16. The van der Waals surface area contributed by atoms with Gasteiger partial charge in [-0.2, -0.15) is 0 Å². The number of carbonyl (C=O) groups is 2. The summed E-state index contributed by atoms with van der Waals surface area (Å²) in [6, 6.07) is 18.5. The lowest BCUT2D eigenvalue weighted by Crippen LogP contribution is -2.19. The van der Waals surface area contributed by atoms with Gasteiger partial charge in [-0.25, -0.2) is 14.6 Å². The molecule has 0 fully saturated rings. The third-order valence-corrected chi connectivity index (χ3v) is 3.33. The van der Waals surface area contributed by atoms with Crippen molar-refractivity contribution < 1.29 is 19.4 Å². The average molecular weight is 349 g/mol. The number of hydrogen-bond acceptors (Lipinski definition) is 4. The number of carbonyl (C=O) groups excluding carboxylic acids is 1. The van der Waals surface area contributed by atoms with E-state index < -0.39 is 12.0 Å². The monoisotopic (exact) mass is 349 g/mol. The first-order valence-corrected chi connectivity index (χ1v) is 7.70. The van der Waals surface area contributed by atoms with Gasteiger partial charge < -0.3 is 20.5 Å². The van der Waals surface area contributed by atoms with Crippen molar-refractivity contribution in [1.82, 2.24) is 4.98 Å². The molecule has 0 aliphatic heterocycles. The molecule has 1 aromatic heterocycles. The Balaban J connectivity index is 1.59. The van der Waals surface area contributed by atoms with Crippen molar-refractivity contribution in [3.8, 4) is 11.5 Å². The van der Waals surface area contributed by atoms with Gasteiger partial charge >= 0.3 is 12.0 Å². The summed E-state index contributed by atoms with van der Waals surface area (Å²) in [6.45, 7) is 0. The van der Waals surface area contributed by atoms with Crippen molar-refractivity contribution in [2.45, 2.75) is 0 Å². The van der Waals surface area contributed by atoms with E-state index in [0.717, 1.165) is 5.75 Å². The SMILES string of the molecule is O=C(Nc1ccc(Oc2ccccc2)cc1)Nc1ccnc(C(=O)O)c1. The number of aromatic nitrogens is 1. The summed E-state index contributed by atoms with van der Waals surface area (Å²) in [4.78, 5) is 26.6. The first-order valence-electron chi connectivity index (χ1n) is 7.70. The van der Waals surface area contributed by atoms with E-state index in [1.54, 1.807) is 24.3 Å². The number of aromatic carboxylic acids is 1. The Morgan fingerprint density at radius 1 is 0.846 bits per heavy atom. The highest BCUT2D eigenvalue weighted by Crippen LogP contribution is 2.22. The summed E-state index contributed by atoms with van der Waals surface area (Å²) >= 11 is 0. The average Bonchev–Trinajstić information content (AvgIpc) is 2.64. The fourth-order valence-electron chi connectivity index (χ4n) is 2.15. The maximum absolute atomic E-state index is 12.0. The predicted molar refractivity (Wildman–Crippen MR) is 96.8 cm³/mol. The zero-order valence-electron chi connectivity index (χ0n) is 13.5. The maximum atomic E-state index is 12.0. The predicted octanol–water partition coefficient (Wildman–Crippen LogP) is 4.22. The van der Waals surface area contributed by atoms with Crippen molar-refractivity contribution >= 4 is 23.4 Å². The van der Waals surface area contributed by atoms with Crippen molar-refractivity contribution in [3.63, 3.8) is 0 Å². The molecule has 130 valence electrons. The van der Waals surface area contributed by atoms with Gasteiger partial charge in [0.2, 0.25) is 0 Å². The highest BCUT2D eigenvalue weighted by atomic mass is 16.5. The van der Waals surface area contributed by atoms with E-state index in [2.05, 4.69) is 15.6 Å². The molecule has 3 N–H and O–H groups in total. The second-order valence-electron chi connectivity index (χ2n) is 5.25. The summed E-state index contributed by atoms with van der Waals surface area (Å²) in [5, 5.41) is 14.1. The van der Waals surface area contributed by atoms with Crippen LogP contribution in [0.2, 0.25) is 0 Å². The molecule has 0 radical (unpaired) electrons. The van der Waals surface area contributed by atoms with Gasteiger partial charge in [-0.15, -0.1) is 0 Å². The highest BCUT2D eigenvalue weighted by Gasteiger charge is 2.08. The standard InChI is InChI=1S/C19H15N3O4/c23-18(24)17-12-14(10-11-20-17)22-19(25)21-13-6-8-16(9-7-13)26-15-4-2-1-3-5-15/h1-12H,(H,23,24)(H2,20,21,22,25). The minimum Gasteiger partial charge on any atom is -0.477 e. The smallest absolute Gasteiger partial charge is 0.354 e. The van der Waals surface area contributed by atoms with Crippen molar-refractivity contribution in [1.29, 1.82) is 0 Å². The third-order valence-electron chi connectivity index (χ3n) is 3.33. The van der Waals surface area contributed by atoms with Crippen LogP contribution in [-0.4, -0.2) is 22.1 Å². The molecule has 0 spiro atoms. The van der Waals surface area contributed by atoms with E-state index in [4.69, 9.17) is 9.84 Å². The molecule has 2 aromatic carbocycles. The molecule has 26 heavy (non-hydrogen) atoms. The fraction of sp³-hybridized carbons (Fsp3) is 0. The Morgan fingerprint density at radius 3 is 2.19 bits per heavy atom. The Bertz CT molecular complexity index is 912. The number of nitrogens with one attached hydrogen (secondary N) is 2. The summed E-state index contributed by atoms with van der Waals surface area (Å²) in [5.74, 6) is 0.198. The molecule has 0 bridgehead atoms. The van der Waals surface area contributed by atoms with Crippen LogP contribution in [0.15, 0.2) is 72.9 Å². The molecule has 0 saturated heterocycles. The molecule has 7 heteroatoms. The lowest BCUT2D eigenvalue weighted by molar-refractivity contribution is 0.0690. The topological polar surface area (TPSA) is 101 Å². The summed E-state index contributed by atoms with van der Waals surface area (Å²) < 4.78 is 5.68. The van der Waals surface area contributed by atoms with Crippen LogP contribution in [0, 0.1) is 0 Å². The van der Waals surface area contributed by atoms with E-state index in [-0.39, 0.29) is 5.69 Å². The van der Waals surface area contributed by atoms with Gasteiger partial charge in [-0.3, -0.25) is 0 Å². The van der Waals surface area contributed by atoms with Crippen LogP contribution in [0.1, 0.15) is 10.5 Å². The number of carboxylic acids is 1. The summed E-state index contributed by atoms with van der Waals surface area (Å²) in [5.41, 5.74) is 0.750. The van der Waals surface area contributed by atoms with E-state index in [9.17, 15) is 9.59 Å². The number of carboxylic acid groups (broad SMARTS) is 1. The number of amides is 2. The molecule has 0 unspecified atom stereocenters. The lowest BCUT2D eigenvalue weighted by Gasteiger charge is -2.09. The van der Waals surface area contributed by atoms with Crippen LogP contribution < -0.4 is 15.4 Å². The van der Waals surface area contributed by atoms with E-state index in [0.29, 0.717) is 17.1 Å². The van der Waals surface area contributed by atoms with Gasteiger partial charge in [0.25, 0.3) is 0 Å². The Morgan fingerprint density at radius 2 is 1.50 bits per heavy atom. The van der Waals surface area contributed by atoms with Gasteiger partial charge in [0.05, 0.1) is 0 Å². The van der Waals surface area contributed by atoms with Crippen LogP contribution >= 0.6 is 0 Å². The van der Waals surface area contributed by atoms with Crippen LogP contribution in [-0.2, 0) is 0 Å². The Kier molecular flexibility index (Phi) is 5.09. The van der Waals surface area contributed by atoms with Gasteiger partial charge in [-0.1, -0.05) is 18.2 Å². The van der Waals surface area contributed by atoms with Crippen LogP contribution in [0.5, 0.6) is 11.5 Å². The molecule has 0 aliphatic rings. The van der Waals surface area contributed by atoms with Crippen LogP contribution in [0.4, 0.5) is 16.2 Å². The number of nitrogens with zero attached hydrogens (tertiary/aromatic N) is 1. The number of rotatable bonds is 5. The molecule has 0 aliphatic carbocycles. The largest absolute Gasteiger partial charge is 0.477 e. The lowest BCUT2D eigenvalue weighted by atomic mass is 10.3. The molecule has 3 rings (SSSR count). The fourth-order valence-corrected chi connectivity index (χ4v) is 2.15. The molecule has 3 aromatic rings. The van der Waals surface area contributed by atoms with E-state index >= 15 is 0 Å². The number of anilines is 2. The Hall–Kier alpha value is -3.87. The van der Waals surface area contributed by atoms with E-state index in [1.807, 2.05) is 30.3 Å². The number of urea groups is 1. The van der Waals surface area contributed by atoms with Crippen LogP contribution in [0.25, 0.3) is 0 Å². The first-order chi connectivity index (χ1) is 12.6. The molecular weight excluding hydrogens is 334 g/mol. The van der Waals surface area contributed by atoms with E-state index in [1.165, 1.54) is 18.3 Å². The Labute approximate surface area is 149 Å². The quantitative estimate of drug-likeness (QED) is 0.640. The van der Waals surface area contributed by atoms with Crippen molar-refractivity contribution in [2.75, 3.05) is 10.6 Å². The van der Waals surface area contributed by atoms with Gasteiger partial charge in [0.1, 0.15) is 17.2 Å². The molecule has 0 atom stereocenters. The summed E-state index contributed by atoms with van der Waals surface area (Å²) in [6.07, 6.45) is 1.31. The number of ether oxygens (including phenoxy) is 1. The van der Waals surface area contributed by atoms with Gasteiger partial charge in [0.15, 0.2) is 0 Å². The highest BCUT2D eigenvalue weighted by molar-refractivity contribution is 6.00. The normalized spacial score (nSPS) is 10.0. The van der Waals surface area contributed by atoms with Gasteiger partial charge in [0, 0.05) is 17.6 Å². The molecule has 0 saturated carbocycles. The number of para-hydroxylation sites is 1. The van der Waals surface area contributed by atoms with Gasteiger partial charge in [-0.05, 0) is 48.5 Å². The molecular formula is C19H15N3O4. The number of pyridine rings is 1. The molecule has 1 heterocycles. The first kappa shape index (κ1) is 17.0. The second kappa shape index (κ2) is 7.80. The van der Waals surface area contributed by atoms with Crippen molar-refractivity contribution in [2.24, 2.45) is 0 Å². The van der Waals surface area contributed by atoms with Crippen molar-refractivity contribution in [3.05, 3.63) is 78.6 Å². The molecule has 2 amide bonds. The second-order valence-corrected chi connectivity index (χ2v) is 5.25. The zero-order chi connectivity index (χ0) is 18.4. The maximum Gasteiger partial charge on any atom is 0.354 e.